The molecule has 2 aromatic rings. The van der Waals surface area contributed by atoms with E-state index in [1.54, 1.807) is 0 Å². The summed E-state index contributed by atoms with van der Waals surface area (Å²) < 4.78 is 0. The van der Waals surface area contributed by atoms with Gasteiger partial charge in [-0.3, -0.25) is 4.79 Å². The molecule has 0 saturated carbocycles. The van der Waals surface area contributed by atoms with E-state index in [1.165, 1.54) is 41.4 Å². The molecule has 2 atom stereocenters. The largest absolute Gasteiger partial charge is 0.358 e. The Morgan fingerprint density at radius 1 is 1.29 bits per heavy atom. The fourth-order valence-electron chi connectivity index (χ4n) is 4.15. The van der Waals surface area contributed by atoms with Crippen molar-refractivity contribution in [3.63, 3.8) is 0 Å². The second-order valence-electron chi connectivity index (χ2n) is 6.29. The van der Waals surface area contributed by atoms with Gasteiger partial charge in [-0.25, -0.2) is 0 Å². The molecule has 4 nitrogen and oxygen atoms in total. The highest BCUT2D eigenvalue weighted by molar-refractivity contribution is 5.90. The molecule has 0 spiro atoms. The van der Waals surface area contributed by atoms with E-state index in [4.69, 9.17) is 0 Å². The SMILES string of the molecule is O=CNc1ccc2[nH]c3c(c2c1)CCCC3C1CCNC1. The van der Waals surface area contributed by atoms with Crippen LogP contribution >= 0.6 is 0 Å². The number of aryl methyl sites for hydroxylation is 1. The zero-order valence-corrected chi connectivity index (χ0v) is 12.1. The van der Waals surface area contributed by atoms with Gasteiger partial charge in [0.25, 0.3) is 0 Å². The van der Waals surface area contributed by atoms with E-state index in [1.807, 2.05) is 6.07 Å². The number of carbonyl (C=O) groups excluding carboxylic acids is 1. The minimum atomic E-state index is 0.665. The quantitative estimate of drug-likeness (QED) is 0.759. The maximum atomic E-state index is 10.6. The maximum absolute atomic E-state index is 10.6. The van der Waals surface area contributed by atoms with Gasteiger partial charge in [0.2, 0.25) is 6.41 Å². The average molecular weight is 283 g/mol. The smallest absolute Gasteiger partial charge is 0.211 e. The maximum Gasteiger partial charge on any atom is 0.211 e. The van der Waals surface area contributed by atoms with E-state index in [-0.39, 0.29) is 0 Å². The standard InChI is InChI=1S/C17H21N3O/c21-10-19-12-4-5-16-15(8-12)14-3-1-2-13(17(14)20-16)11-6-7-18-9-11/h4-5,8,10-11,13,18,20H,1-3,6-7,9H2,(H,19,21). The molecule has 2 unspecified atom stereocenters. The number of nitrogens with one attached hydrogen (secondary N) is 3. The zero-order valence-electron chi connectivity index (χ0n) is 12.1. The highest BCUT2D eigenvalue weighted by Gasteiger charge is 2.32. The normalized spacial score (nSPS) is 25.0. The molecule has 3 N–H and O–H groups in total. The number of amides is 1. The summed E-state index contributed by atoms with van der Waals surface area (Å²) in [5, 5.41) is 7.54. The van der Waals surface area contributed by atoms with Gasteiger partial charge in [0.05, 0.1) is 0 Å². The Labute approximate surface area is 124 Å². The van der Waals surface area contributed by atoms with Crippen molar-refractivity contribution < 1.29 is 4.79 Å². The van der Waals surface area contributed by atoms with Crippen molar-refractivity contribution in [1.29, 1.82) is 0 Å². The minimum absolute atomic E-state index is 0.665. The Bertz CT molecular complexity index is 670. The first kappa shape index (κ1) is 12.9. The third-order valence-corrected chi connectivity index (χ3v) is 5.14. The molecule has 1 aliphatic carbocycles. The summed E-state index contributed by atoms with van der Waals surface area (Å²) in [6, 6.07) is 6.16. The Morgan fingerprint density at radius 2 is 2.24 bits per heavy atom. The summed E-state index contributed by atoms with van der Waals surface area (Å²) in [6.07, 6.45) is 5.75. The van der Waals surface area contributed by atoms with E-state index in [2.05, 4.69) is 27.8 Å². The van der Waals surface area contributed by atoms with Gasteiger partial charge >= 0.3 is 0 Å². The van der Waals surface area contributed by atoms with Crippen LogP contribution in [0, 0.1) is 5.92 Å². The van der Waals surface area contributed by atoms with Crippen LogP contribution in [0.1, 0.15) is 36.4 Å². The van der Waals surface area contributed by atoms with Gasteiger partial charge < -0.3 is 15.6 Å². The number of carbonyl (C=O) groups is 1. The fraction of sp³-hybridized carbons (Fsp3) is 0.471. The van der Waals surface area contributed by atoms with E-state index < -0.39 is 0 Å². The van der Waals surface area contributed by atoms with Crippen LogP contribution in [-0.4, -0.2) is 24.5 Å². The monoisotopic (exact) mass is 283 g/mol. The Hall–Kier alpha value is -1.81. The predicted octanol–water partition coefficient (Wildman–Crippen LogP) is 2.77. The van der Waals surface area contributed by atoms with E-state index in [0.717, 1.165) is 37.5 Å². The van der Waals surface area contributed by atoms with Crippen molar-refractivity contribution in [2.75, 3.05) is 18.4 Å². The third kappa shape index (κ3) is 2.14. The topological polar surface area (TPSA) is 56.9 Å². The summed E-state index contributed by atoms with van der Waals surface area (Å²) in [6.45, 7) is 2.31. The van der Waals surface area contributed by atoms with Crippen molar-refractivity contribution in [3.8, 4) is 0 Å². The summed E-state index contributed by atoms with van der Waals surface area (Å²) >= 11 is 0. The minimum Gasteiger partial charge on any atom is -0.358 e. The number of hydrogen-bond donors (Lipinski definition) is 3. The third-order valence-electron chi connectivity index (χ3n) is 5.14. The summed E-state index contributed by atoms with van der Waals surface area (Å²) in [4.78, 5) is 14.3. The number of anilines is 1. The molecule has 0 radical (unpaired) electrons. The number of rotatable bonds is 3. The Balaban J connectivity index is 1.78. The average Bonchev–Trinajstić information content (AvgIpc) is 3.14. The van der Waals surface area contributed by atoms with Crippen LogP contribution in [0.25, 0.3) is 10.9 Å². The molecular weight excluding hydrogens is 262 g/mol. The van der Waals surface area contributed by atoms with E-state index >= 15 is 0 Å². The number of aromatic amines is 1. The highest BCUT2D eigenvalue weighted by Crippen LogP contribution is 2.42. The number of H-pyrrole nitrogens is 1. The molecule has 1 aromatic heterocycles. The first-order valence-corrected chi connectivity index (χ1v) is 7.92. The van der Waals surface area contributed by atoms with Crippen molar-refractivity contribution >= 4 is 23.0 Å². The fourth-order valence-corrected chi connectivity index (χ4v) is 4.15. The molecule has 2 aliphatic rings. The molecule has 1 amide bonds. The van der Waals surface area contributed by atoms with Crippen LogP contribution in [0.15, 0.2) is 18.2 Å². The van der Waals surface area contributed by atoms with Crippen molar-refractivity contribution in [1.82, 2.24) is 10.3 Å². The van der Waals surface area contributed by atoms with Crippen molar-refractivity contribution in [2.45, 2.75) is 31.6 Å². The lowest BCUT2D eigenvalue weighted by molar-refractivity contribution is -0.105. The molecule has 110 valence electrons. The number of hydrogen-bond acceptors (Lipinski definition) is 2. The Morgan fingerprint density at radius 3 is 3.05 bits per heavy atom. The molecular formula is C17H21N3O. The summed E-state index contributed by atoms with van der Waals surface area (Å²) in [5.41, 5.74) is 5.01. The second-order valence-corrected chi connectivity index (χ2v) is 6.29. The molecule has 1 fully saturated rings. The first-order valence-electron chi connectivity index (χ1n) is 7.92. The number of fused-ring (bicyclic) bond motifs is 3. The lowest BCUT2D eigenvalue weighted by Gasteiger charge is -2.27. The van der Waals surface area contributed by atoms with Crippen LogP contribution in [-0.2, 0) is 11.2 Å². The molecule has 1 saturated heterocycles. The predicted molar refractivity (Wildman–Crippen MR) is 84.6 cm³/mol. The van der Waals surface area contributed by atoms with Gasteiger partial charge in [-0.15, -0.1) is 0 Å². The van der Waals surface area contributed by atoms with Crippen LogP contribution in [0.2, 0.25) is 0 Å². The first-order chi connectivity index (χ1) is 10.4. The zero-order chi connectivity index (χ0) is 14.2. The second kappa shape index (κ2) is 5.19. The van der Waals surface area contributed by atoms with Crippen molar-refractivity contribution in [2.24, 2.45) is 5.92 Å². The summed E-state index contributed by atoms with van der Waals surface area (Å²) in [5.74, 6) is 1.43. The molecule has 4 heteroatoms. The van der Waals surface area contributed by atoms with Crippen LogP contribution in [0.3, 0.4) is 0 Å². The molecule has 1 aliphatic heterocycles. The molecule has 1 aromatic carbocycles. The summed E-state index contributed by atoms with van der Waals surface area (Å²) in [7, 11) is 0. The molecule has 4 rings (SSSR count). The Kier molecular flexibility index (Phi) is 3.19. The molecule has 0 bridgehead atoms. The molecule has 21 heavy (non-hydrogen) atoms. The van der Waals surface area contributed by atoms with Gasteiger partial charge in [-0.05, 0) is 68.5 Å². The van der Waals surface area contributed by atoms with Crippen LogP contribution in [0.4, 0.5) is 5.69 Å². The van der Waals surface area contributed by atoms with Gasteiger partial charge in [-0.1, -0.05) is 0 Å². The highest BCUT2D eigenvalue weighted by atomic mass is 16.1. The number of aromatic nitrogens is 1. The van der Waals surface area contributed by atoms with Gasteiger partial charge in [0.1, 0.15) is 0 Å². The van der Waals surface area contributed by atoms with Crippen LogP contribution in [0.5, 0.6) is 0 Å². The molecule has 2 heterocycles. The number of benzene rings is 1. The lowest BCUT2D eigenvalue weighted by atomic mass is 9.78. The van der Waals surface area contributed by atoms with E-state index in [0.29, 0.717) is 5.92 Å². The van der Waals surface area contributed by atoms with Crippen molar-refractivity contribution in [3.05, 3.63) is 29.5 Å². The van der Waals surface area contributed by atoms with E-state index in [9.17, 15) is 4.79 Å². The van der Waals surface area contributed by atoms with Gasteiger partial charge in [0.15, 0.2) is 0 Å². The van der Waals surface area contributed by atoms with Crippen LogP contribution < -0.4 is 10.6 Å². The van der Waals surface area contributed by atoms with Gasteiger partial charge in [-0.2, -0.15) is 0 Å². The lowest BCUT2D eigenvalue weighted by Crippen LogP contribution is -2.20. The van der Waals surface area contributed by atoms with Gasteiger partial charge in [0, 0.05) is 28.2 Å².